The lowest BCUT2D eigenvalue weighted by Crippen LogP contribution is -2.02. The van der Waals surface area contributed by atoms with Crippen LogP contribution in [-0.2, 0) is 4.79 Å². The smallest absolute Gasteiger partial charge is 0.303 e. The molecule has 41 heavy (non-hydrogen) atoms. The number of benzene rings is 2. The normalized spacial score (nSPS) is 14.2. The molecular formula is C33H42O8. The van der Waals surface area contributed by atoms with E-state index in [-0.39, 0.29) is 33.8 Å². The van der Waals surface area contributed by atoms with Gasteiger partial charge in [-0.1, -0.05) is 69.9 Å². The number of aliphatic carboxylic acids is 1. The van der Waals surface area contributed by atoms with Gasteiger partial charge in [-0.15, -0.1) is 0 Å². The van der Waals surface area contributed by atoms with Crippen LogP contribution in [0.15, 0.2) is 57.8 Å². The summed E-state index contributed by atoms with van der Waals surface area (Å²) in [5, 5.41) is 46.8. The predicted octanol–water partition coefficient (Wildman–Crippen LogP) is 8.00. The van der Waals surface area contributed by atoms with Crippen LogP contribution in [-0.4, -0.2) is 31.5 Å². The van der Waals surface area contributed by atoms with Crippen LogP contribution in [0.25, 0.3) is 22.3 Å². The van der Waals surface area contributed by atoms with E-state index in [0.29, 0.717) is 6.42 Å². The Morgan fingerprint density at radius 1 is 0.805 bits per heavy atom. The average molecular weight is 567 g/mol. The quantitative estimate of drug-likeness (QED) is 0.0748. The molecule has 0 bridgehead atoms. The average Bonchev–Trinajstić information content (AvgIpc) is 3.47. The van der Waals surface area contributed by atoms with E-state index >= 15 is 0 Å². The third-order valence-electron chi connectivity index (χ3n) is 7.42. The molecule has 0 fully saturated rings. The van der Waals surface area contributed by atoms with E-state index in [1.165, 1.54) is 101 Å². The van der Waals surface area contributed by atoms with Gasteiger partial charge in [-0.25, -0.2) is 0 Å². The fraction of sp³-hybridized carbons (Fsp3) is 0.455. The van der Waals surface area contributed by atoms with Gasteiger partial charge in [0.1, 0.15) is 11.3 Å². The van der Waals surface area contributed by atoms with Gasteiger partial charge >= 0.3 is 5.97 Å². The van der Waals surface area contributed by atoms with Crippen molar-refractivity contribution in [2.75, 3.05) is 0 Å². The Morgan fingerprint density at radius 2 is 1.46 bits per heavy atom. The first-order valence-electron chi connectivity index (χ1n) is 14.7. The lowest BCUT2D eigenvalue weighted by molar-refractivity contribution is -0.137. The topological polar surface area (TPSA) is 148 Å². The molecule has 1 aliphatic rings. The van der Waals surface area contributed by atoms with Gasteiger partial charge < -0.3 is 29.9 Å². The molecule has 8 nitrogen and oxygen atoms in total. The molecule has 1 unspecified atom stereocenters. The van der Waals surface area contributed by atoms with Crippen LogP contribution in [0.1, 0.15) is 89.9 Å². The highest BCUT2D eigenvalue weighted by Gasteiger charge is 2.17. The van der Waals surface area contributed by atoms with Gasteiger partial charge in [0.05, 0.1) is 5.39 Å². The SMILES string of the molecule is O=C(O)CCCCCCCCCCCCC1C=CCC1.O=c1c(O)c(-c2ccc(O)c(O)c2)oc2cc(O)ccc12. The van der Waals surface area contributed by atoms with Crippen molar-refractivity contribution in [2.24, 2.45) is 5.92 Å². The molecule has 4 rings (SSSR count). The molecule has 5 N–H and O–H groups in total. The summed E-state index contributed by atoms with van der Waals surface area (Å²) in [6.07, 6.45) is 21.9. The van der Waals surface area contributed by atoms with E-state index in [1.807, 2.05) is 0 Å². The number of hydrogen-bond acceptors (Lipinski definition) is 7. The zero-order valence-corrected chi connectivity index (χ0v) is 23.6. The summed E-state index contributed by atoms with van der Waals surface area (Å²) in [6, 6.07) is 7.64. The van der Waals surface area contributed by atoms with Crippen molar-refractivity contribution in [3.8, 4) is 34.3 Å². The van der Waals surface area contributed by atoms with Gasteiger partial charge in [0, 0.05) is 18.1 Å². The van der Waals surface area contributed by atoms with Crippen molar-refractivity contribution in [3.05, 3.63) is 58.8 Å². The number of phenolic OH excluding ortho intramolecular Hbond substituents is 3. The third-order valence-corrected chi connectivity index (χ3v) is 7.42. The molecule has 1 heterocycles. The molecule has 1 atom stereocenters. The molecule has 2 aromatic carbocycles. The molecule has 0 radical (unpaired) electrons. The Bertz CT molecular complexity index is 1360. The molecule has 1 aliphatic carbocycles. The molecule has 1 aromatic heterocycles. The number of carboxylic acid groups (broad SMARTS) is 1. The molecule has 222 valence electrons. The summed E-state index contributed by atoms with van der Waals surface area (Å²) >= 11 is 0. The molecular weight excluding hydrogens is 524 g/mol. The lowest BCUT2D eigenvalue weighted by atomic mass is 9.99. The molecule has 0 spiro atoms. The molecule has 3 aromatic rings. The highest BCUT2D eigenvalue weighted by molar-refractivity contribution is 5.83. The van der Waals surface area contributed by atoms with Crippen molar-refractivity contribution >= 4 is 16.9 Å². The number of allylic oxidation sites excluding steroid dienone is 2. The molecule has 0 amide bonds. The Balaban J connectivity index is 0.000000226. The summed E-state index contributed by atoms with van der Waals surface area (Å²) in [5.74, 6) is -1.37. The minimum Gasteiger partial charge on any atom is -0.508 e. The first-order chi connectivity index (χ1) is 19.8. The van der Waals surface area contributed by atoms with Crippen molar-refractivity contribution in [2.45, 2.75) is 89.9 Å². The second-order valence-corrected chi connectivity index (χ2v) is 10.7. The van der Waals surface area contributed by atoms with Gasteiger partial charge in [0.25, 0.3) is 0 Å². The Kier molecular flexibility index (Phi) is 12.6. The van der Waals surface area contributed by atoms with E-state index in [1.54, 1.807) is 0 Å². The molecule has 0 aliphatic heterocycles. The first kappa shape index (κ1) is 31.6. The number of carboxylic acids is 1. The van der Waals surface area contributed by atoms with Crippen LogP contribution in [0.5, 0.6) is 23.0 Å². The number of rotatable bonds is 14. The number of aromatic hydroxyl groups is 4. The summed E-state index contributed by atoms with van der Waals surface area (Å²) in [6.45, 7) is 0. The lowest BCUT2D eigenvalue weighted by Gasteiger charge is -2.07. The number of hydrogen-bond donors (Lipinski definition) is 5. The van der Waals surface area contributed by atoms with Gasteiger partial charge in [0.2, 0.25) is 11.2 Å². The van der Waals surface area contributed by atoms with Crippen LogP contribution in [0.2, 0.25) is 0 Å². The van der Waals surface area contributed by atoms with E-state index < -0.39 is 22.9 Å². The van der Waals surface area contributed by atoms with Gasteiger partial charge in [-0.05, 0) is 61.9 Å². The minimum atomic E-state index is -0.655. The zero-order chi connectivity index (χ0) is 29.6. The van der Waals surface area contributed by atoms with Gasteiger partial charge in [-0.2, -0.15) is 0 Å². The van der Waals surface area contributed by atoms with E-state index in [0.717, 1.165) is 24.8 Å². The first-order valence-corrected chi connectivity index (χ1v) is 14.7. The maximum atomic E-state index is 12.1. The number of carbonyl (C=O) groups is 1. The van der Waals surface area contributed by atoms with E-state index in [2.05, 4.69) is 12.2 Å². The van der Waals surface area contributed by atoms with Gasteiger partial charge in [-0.3, -0.25) is 9.59 Å². The van der Waals surface area contributed by atoms with Gasteiger partial charge in [0.15, 0.2) is 17.3 Å². The second kappa shape index (κ2) is 16.4. The molecule has 0 saturated carbocycles. The Morgan fingerprint density at radius 3 is 2.07 bits per heavy atom. The third kappa shape index (κ3) is 10.2. The number of phenols is 3. The predicted molar refractivity (Wildman–Crippen MR) is 159 cm³/mol. The van der Waals surface area contributed by atoms with Crippen LogP contribution in [0.4, 0.5) is 0 Å². The second-order valence-electron chi connectivity index (χ2n) is 10.7. The Hall–Kier alpha value is -3.94. The number of unbranched alkanes of at least 4 members (excludes halogenated alkanes) is 9. The van der Waals surface area contributed by atoms with E-state index in [9.17, 15) is 30.0 Å². The standard InChI is InChI=1S/C18H32O2.C15H10O6/c19-18(20)16-10-8-6-4-2-1-3-5-7-9-13-17-14-11-12-15-17;16-8-2-3-9-12(6-8)21-15(14(20)13(9)19)7-1-4-10(17)11(18)5-7/h11,14,17H,1-10,12-13,15-16H2,(H,19,20);1-6,16-18,20H. The minimum absolute atomic E-state index is 0.0872. The van der Waals surface area contributed by atoms with E-state index in [4.69, 9.17) is 9.52 Å². The highest BCUT2D eigenvalue weighted by atomic mass is 16.4. The molecule has 0 saturated heterocycles. The van der Waals surface area contributed by atoms with Crippen molar-refractivity contribution in [1.29, 1.82) is 0 Å². The van der Waals surface area contributed by atoms with Crippen LogP contribution in [0, 0.1) is 5.92 Å². The van der Waals surface area contributed by atoms with Crippen LogP contribution in [0.3, 0.4) is 0 Å². The zero-order valence-electron chi connectivity index (χ0n) is 23.6. The Labute approximate surface area is 240 Å². The maximum absolute atomic E-state index is 12.1. The number of fused-ring (bicyclic) bond motifs is 1. The van der Waals surface area contributed by atoms with Crippen molar-refractivity contribution in [1.82, 2.24) is 0 Å². The monoisotopic (exact) mass is 566 g/mol. The fourth-order valence-corrected chi connectivity index (χ4v) is 5.07. The summed E-state index contributed by atoms with van der Waals surface area (Å²) in [4.78, 5) is 22.4. The highest BCUT2D eigenvalue weighted by Crippen LogP contribution is 2.35. The fourth-order valence-electron chi connectivity index (χ4n) is 5.07. The van der Waals surface area contributed by atoms with Crippen LogP contribution >= 0.6 is 0 Å². The van der Waals surface area contributed by atoms with Crippen molar-refractivity contribution in [3.63, 3.8) is 0 Å². The summed E-state index contributed by atoms with van der Waals surface area (Å²) in [5.41, 5.74) is -0.343. The van der Waals surface area contributed by atoms with Crippen molar-refractivity contribution < 1.29 is 34.7 Å². The summed E-state index contributed by atoms with van der Waals surface area (Å²) in [7, 11) is 0. The van der Waals surface area contributed by atoms with Crippen LogP contribution < -0.4 is 5.43 Å². The maximum Gasteiger partial charge on any atom is 0.303 e. The molecule has 8 heteroatoms. The summed E-state index contributed by atoms with van der Waals surface area (Å²) < 4.78 is 5.43. The largest absolute Gasteiger partial charge is 0.508 e.